The lowest BCUT2D eigenvalue weighted by Gasteiger charge is -2.33. The Labute approximate surface area is 96.4 Å². The Hall–Kier alpha value is -0.680. The van der Waals surface area contributed by atoms with Crippen LogP contribution in [0.5, 0.6) is 0 Å². The summed E-state index contributed by atoms with van der Waals surface area (Å²) in [6, 6.07) is 0.502. The minimum absolute atomic E-state index is 0.0446. The zero-order valence-corrected chi connectivity index (χ0v) is 9.59. The molecule has 1 saturated heterocycles. The highest BCUT2D eigenvalue weighted by Crippen LogP contribution is 2.44. The van der Waals surface area contributed by atoms with Gasteiger partial charge in [-0.05, 0) is 24.4 Å². The fourth-order valence-electron chi connectivity index (χ4n) is 2.62. The smallest absolute Gasteiger partial charge is 0.238 e. The molecule has 2 atom stereocenters. The number of alkyl halides is 1. The monoisotopic (exact) mass is 243 g/mol. The molecule has 3 rings (SSSR count). The first-order valence-electron chi connectivity index (χ1n) is 4.99. The molecule has 1 aromatic heterocycles. The number of hydrogen-bond donors (Lipinski definition) is 0. The average molecular weight is 244 g/mol. The Bertz CT molecular complexity index is 408. The average Bonchev–Trinajstić information content (AvgIpc) is 2.83. The number of carbonyl (C=O) groups is 1. The third-order valence-corrected chi connectivity index (χ3v) is 4.32. The highest BCUT2D eigenvalue weighted by molar-refractivity contribution is 7.05. The van der Waals surface area contributed by atoms with Crippen LogP contribution in [0.25, 0.3) is 0 Å². The van der Waals surface area contributed by atoms with Gasteiger partial charge in [0.05, 0.1) is 16.6 Å². The minimum atomic E-state index is 0.0446. The first kappa shape index (κ1) is 9.54. The molecule has 0 radical (unpaired) electrons. The molecule has 2 unspecified atom stereocenters. The molecule has 15 heavy (non-hydrogen) atoms. The molecule has 0 spiro atoms. The molecule has 0 aliphatic carbocycles. The van der Waals surface area contributed by atoms with Crippen LogP contribution in [0.15, 0.2) is 0 Å². The third kappa shape index (κ3) is 1.29. The molecule has 2 bridgehead atoms. The van der Waals surface area contributed by atoms with Gasteiger partial charge in [-0.2, -0.15) is 0 Å². The van der Waals surface area contributed by atoms with Gasteiger partial charge < -0.3 is 4.90 Å². The molecular weight excluding hydrogens is 234 g/mol. The van der Waals surface area contributed by atoms with Gasteiger partial charge in [0, 0.05) is 12.5 Å². The first-order valence-corrected chi connectivity index (χ1v) is 6.30. The van der Waals surface area contributed by atoms with Crippen molar-refractivity contribution in [2.24, 2.45) is 0 Å². The zero-order chi connectivity index (χ0) is 10.4. The van der Waals surface area contributed by atoms with E-state index in [1.54, 1.807) is 0 Å². The number of amides is 1. The fraction of sp³-hybridized carbons (Fsp3) is 0.667. The molecular formula is C9H10ClN3OS. The number of nitrogens with zero attached hydrogens (tertiary/aromatic N) is 3. The van der Waals surface area contributed by atoms with Crippen molar-refractivity contribution >= 4 is 29.0 Å². The van der Waals surface area contributed by atoms with Crippen molar-refractivity contribution in [2.45, 2.75) is 31.3 Å². The van der Waals surface area contributed by atoms with Crippen LogP contribution in [0.4, 0.5) is 0 Å². The minimum Gasteiger partial charge on any atom is -0.330 e. The summed E-state index contributed by atoms with van der Waals surface area (Å²) in [4.78, 5) is 14.8. The van der Waals surface area contributed by atoms with Crippen molar-refractivity contribution in [3.63, 3.8) is 0 Å². The van der Waals surface area contributed by atoms with Gasteiger partial charge in [0.25, 0.3) is 0 Å². The number of fused-ring (bicyclic) bond motifs is 4. The molecule has 2 aliphatic rings. The van der Waals surface area contributed by atoms with Gasteiger partial charge in [-0.1, -0.05) is 4.49 Å². The predicted molar refractivity (Wildman–Crippen MR) is 56.9 cm³/mol. The van der Waals surface area contributed by atoms with E-state index in [0.29, 0.717) is 6.04 Å². The Morgan fingerprint density at radius 3 is 3.27 bits per heavy atom. The maximum atomic E-state index is 11.7. The van der Waals surface area contributed by atoms with Crippen LogP contribution in [0.1, 0.15) is 29.5 Å². The van der Waals surface area contributed by atoms with Gasteiger partial charge in [0.2, 0.25) is 5.91 Å². The van der Waals surface area contributed by atoms with Crippen LogP contribution in [0.2, 0.25) is 0 Å². The van der Waals surface area contributed by atoms with Crippen molar-refractivity contribution in [1.82, 2.24) is 14.5 Å². The summed E-state index contributed by atoms with van der Waals surface area (Å²) < 4.78 is 3.96. The van der Waals surface area contributed by atoms with E-state index in [4.69, 9.17) is 11.6 Å². The quantitative estimate of drug-likeness (QED) is 0.700. The Kier molecular flexibility index (Phi) is 2.17. The summed E-state index contributed by atoms with van der Waals surface area (Å²) in [6.07, 6.45) is 2.95. The summed E-state index contributed by atoms with van der Waals surface area (Å²) >= 11 is 7.04. The van der Waals surface area contributed by atoms with Crippen molar-refractivity contribution in [3.8, 4) is 0 Å². The molecule has 4 nitrogen and oxygen atoms in total. The molecule has 1 aromatic rings. The van der Waals surface area contributed by atoms with E-state index < -0.39 is 0 Å². The van der Waals surface area contributed by atoms with Crippen molar-refractivity contribution in [2.75, 3.05) is 5.88 Å². The normalized spacial score (nSPS) is 27.9. The summed E-state index contributed by atoms with van der Waals surface area (Å²) in [5, 5.41) is 4.11. The lowest BCUT2D eigenvalue weighted by molar-refractivity contribution is -0.131. The Morgan fingerprint density at radius 1 is 1.60 bits per heavy atom. The molecule has 80 valence electrons. The number of hydrogen-bond acceptors (Lipinski definition) is 4. The highest BCUT2D eigenvalue weighted by Gasteiger charge is 2.43. The predicted octanol–water partition coefficient (Wildman–Crippen LogP) is 1.37. The van der Waals surface area contributed by atoms with E-state index in [0.717, 1.165) is 25.0 Å². The summed E-state index contributed by atoms with van der Waals surface area (Å²) in [6.45, 7) is 0. The second kappa shape index (κ2) is 3.42. The van der Waals surface area contributed by atoms with Crippen LogP contribution < -0.4 is 0 Å². The summed E-state index contributed by atoms with van der Waals surface area (Å²) in [5.41, 5.74) is 1.09. The second-order valence-electron chi connectivity index (χ2n) is 3.97. The number of aromatic nitrogens is 2. The summed E-state index contributed by atoms with van der Waals surface area (Å²) in [7, 11) is 0. The summed E-state index contributed by atoms with van der Waals surface area (Å²) in [5.74, 6) is 0.123. The van der Waals surface area contributed by atoms with Gasteiger partial charge in [0.1, 0.15) is 5.88 Å². The fourth-order valence-corrected chi connectivity index (χ4v) is 3.57. The maximum absolute atomic E-state index is 11.7. The van der Waals surface area contributed by atoms with Gasteiger partial charge in [0.15, 0.2) is 0 Å². The molecule has 0 N–H and O–H groups in total. The van der Waals surface area contributed by atoms with Crippen molar-refractivity contribution in [3.05, 3.63) is 10.6 Å². The number of halogens is 1. The van der Waals surface area contributed by atoms with Crippen molar-refractivity contribution < 1.29 is 4.79 Å². The van der Waals surface area contributed by atoms with E-state index in [2.05, 4.69) is 9.59 Å². The topological polar surface area (TPSA) is 46.1 Å². The van der Waals surface area contributed by atoms with Gasteiger partial charge in [-0.3, -0.25) is 4.79 Å². The molecule has 6 heteroatoms. The van der Waals surface area contributed by atoms with E-state index in [9.17, 15) is 4.79 Å². The van der Waals surface area contributed by atoms with Crippen LogP contribution in [0, 0.1) is 0 Å². The molecule has 0 aromatic carbocycles. The van der Waals surface area contributed by atoms with Gasteiger partial charge >= 0.3 is 0 Å². The number of carbonyl (C=O) groups excluding carboxylic acids is 1. The third-order valence-electron chi connectivity index (χ3n) is 3.22. The van der Waals surface area contributed by atoms with E-state index >= 15 is 0 Å². The first-order chi connectivity index (χ1) is 7.31. The Morgan fingerprint density at radius 2 is 2.47 bits per heavy atom. The second-order valence-corrected chi connectivity index (χ2v) is 5.02. The SMILES string of the molecule is O=C(CCl)N1C2CCC1c1snnc1C2. The maximum Gasteiger partial charge on any atom is 0.238 e. The van der Waals surface area contributed by atoms with E-state index in [1.165, 1.54) is 16.4 Å². The van der Waals surface area contributed by atoms with E-state index in [-0.39, 0.29) is 17.8 Å². The molecule has 1 amide bonds. The zero-order valence-electron chi connectivity index (χ0n) is 8.02. The van der Waals surface area contributed by atoms with Gasteiger partial charge in [-0.25, -0.2) is 0 Å². The van der Waals surface area contributed by atoms with Crippen LogP contribution in [-0.4, -0.2) is 32.3 Å². The standard InChI is InChI=1S/C9H10ClN3OS/c10-4-8(14)13-5-1-2-7(13)9-6(3-5)11-12-15-9/h5,7H,1-4H2. The highest BCUT2D eigenvalue weighted by atomic mass is 35.5. The molecule has 1 fully saturated rings. The van der Waals surface area contributed by atoms with Crippen LogP contribution in [-0.2, 0) is 11.2 Å². The van der Waals surface area contributed by atoms with E-state index in [1.807, 2.05) is 4.90 Å². The lowest BCUT2D eigenvalue weighted by Crippen LogP contribution is -2.42. The molecule has 0 saturated carbocycles. The largest absolute Gasteiger partial charge is 0.330 e. The molecule has 2 aliphatic heterocycles. The van der Waals surface area contributed by atoms with Crippen LogP contribution >= 0.6 is 23.1 Å². The molecule has 3 heterocycles. The lowest BCUT2D eigenvalue weighted by atomic mass is 10.1. The van der Waals surface area contributed by atoms with Crippen molar-refractivity contribution in [1.29, 1.82) is 0 Å². The van der Waals surface area contributed by atoms with Gasteiger partial charge in [-0.15, -0.1) is 16.7 Å². The van der Waals surface area contributed by atoms with Crippen LogP contribution in [0.3, 0.4) is 0 Å². The number of rotatable bonds is 1. The Balaban J connectivity index is 2.00.